The van der Waals surface area contributed by atoms with Gasteiger partial charge in [-0.2, -0.15) is 0 Å². The molecule has 0 radical (unpaired) electrons. The third kappa shape index (κ3) is 3.49. The average molecular weight is 360 g/mol. The predicted octanol–water partition coefficient (Wildman–Crippen LogP) is 4.52. The van der Waals surface area contributed by atoms with Crippen LogP contribution in [0.4, 0.5) is 4.39 Å². The van der Waals surface area contributed by atoms with E-state index in [-0.39, 0.29) is 17.9 Å². The van der Waals surface area contributed by atoms with Crippen LogP contribution in [0.2, 0.25) is 5.02 Å². The van der Waals surface area contributed by atoms with Gasteiger partial charge in [0.15, 0.2) is 0 Å². The minimum absolute atomic E-state index is 0.00810. The largest absolute Gasteiger partial charge is 0.488 e. The summed E-state index contributed by atoms with van der Waals surface area (Å²) < 4.78 is 19.6. The Labute approximate surface area is 128 Å². The lowest BCUT2D eigenvalue weighted by Crippen LogP contribution is -2.04. The average Bonchev–Trinajstić information content (AvgIpc) is 2.38. The quantitative estimate of drug-likeness (QED) is 0.873. The van der Waals surface area contributed by atoms with Crippen LogP contribution in [0.3, 0.4) is 0 Å². The Balaban J connectivity index is 2.20. The first kappa shape index (κ1) is 14.8. The number of aromatic carboxylic acids is 1. The molecule has 0 aliphatic rings. The standard InChI is InChI=1S/C14H9BrClFO3/c15-9-2-4-13(11(5-9)14(18)19)20-7-8-1-3-10(16)6-12(8)17/h1-6H,7H2,(H,18,19). The molecule has 0 heterocycles. The molecule has 0 atom stereocenters. The van der Waals surface area contributed by atoms with Crippen molar-refractivity contribution in [3.8, 4) is 5.75 Å². The number of carboxylic acids is 1. The van der Waals surface area contributed by atoms with Crippen molar-refractivity contribution in [2.45, 2.75) is 6.61 Å². The first-order chi connectivity index (χ1) is 9.47. The van der Waals surface area contributed by atoms with E-state index in [2.05, 4.69) is 15.9 Å². The second-order valence-electron chi connectivity index (χ2n) is 3.97. The number of rotatable bonds is 4. The molecule has 0 saturated carbocycles. The van der Waals surface area contributed by atoms with Crippen LogP contribution in [0.5, 0.6) is 5.75 Å². The first-order valence-electron chi connectivity index (χ1n) is 5.57. The third-order valence-corrected chi connectivity index (χ3v) is 3.30. The van der Waals surface area contributed by atoms with Crippen molar-refractivity contribution in [1.82, 2.24) is 0 Å². The molecule has 1 N–H and O–H groups in total. The first-order valence-corrected chi connectivity index (χ1v) is 6.74. The number of carbonyl (C=O) groups is 1. The van der Waals surface area contributed by atoms with E-state index >= 15 is 0 Å². The molecule has 0 saturated heterocycles. The topological polar surface area (TPSA) is 46.5 Å². The van der Waals surface area contributed by atoms with Gasteiger partial charge in [0.1, 0.15) is 23.7 Å². The molecule has 20 heavy (non-hydrogen) atoms. The molecule has 0 aliphatic heterocycles. The molecule has 0 unspecified atom stereocenters. The summed E-state index contributed by atoms with van der Waals surface area (Å²) in [4.78, 5) is 11.1. The van der Waals surface area contributed by atoms with Gasteiger partial charge in [-0.3, -0.25) is 0 Å². The van der Waals surface area contributed by atoms with Gasteiger partial charge < -0.3 is 9.84 Å². The smallest absolute Gasteiger partial charge is 0.339 e. The van der Waals surface area contributed by atoms with Crippen LogP contribution in [-0.2, 0) is 6.61 Å². The van der Waals surface area contributed by atoms with E-state index in [1.54, 1.807) is 12.1 Å². The Hall–Kier alpha value is -1.59. The Morgan fingerprint density at radius 1 is 1.30 bits per heavy atom. The van der Waals surface area contributed by atoms with Crippen molar-refractivity contribution in [3.63, 3.8) is 0 Å². The summed E-state index contributed by atoms with van der Waals surface area (Å²) >= 11 is 8.84. The van der Waals surface area contributed by atoms with Crippen molar-refractivity contribution >= 4 is 33.5 Å². The second kappa shape index (κ2) is 6.24. The van der Waals surface area contributed by atoms with Gasteiger partial charge in [-0.05, 0) is 30.3 Å². The molecule has 6 heteroatoms. The zero-order valence-electron chi connectivity index (χ0n) is 10.1. The van der Waals surface area contributed by atoms with Crippen molar-refractivity contribution in [2.24, 2.45) is 0 Å². The maximum absolute atomic E-state index is 13.6. The van der Waals surface area contributed by atoms with Gasteiger partial charge >= 0.3 is 5.97 Å². The molecule has 3 nitrogen and oxygen atoms in total. The highest BCUT2D eigenvalue weighted by molar-refractivity contribution is 9.10. The maximum Gasteiger partial charge on any atom is 0.339 e. The molecule has 2 aromatic carbocycles. The molecule has 2 rings (SSSR count). The fourth-order valence-corrected chi connectivity index (χ4v) is 2.11. The Morgan fingerprint density at radius 2 is 2.05 bits per heavy atom. The number of halogens is 3. The van der Waals surface area contributed by atoms with E-state index in [1.165, 1.54) is 24.3 Å². The van der Waals surface area contributed by atoms with E-state index in [4.69, 9.17) is 21.4 Å². The van der Waals surface area contributed by atoms with Crippen molar-refractivity contribution in [3.05, 3.63) is 62.8 Å². The minimum atomic E-state index is -1.11. The van der Waals surface area contributed by atoms with Gasteiger partial charge in [0, 0.05) is 15.1 Å². The van der Waals surface area contributed by atoms with Crippen LogP contribution >= 0.6 is 27.5 Å². The maximum atomic E-state index is 13.6. The fraction of sp³-hybridized carbons (Fsp3) is 0.0714. The van der Waals surface area contributed by atoms with E-state index in [9.17, 15) is 9.18 Å². The predicted molar refractivity (Wildman–Crippen MR) is 76.8 cm³/mol. The lowest BCUT2D eigenvalue weighted by Gasteiger charge is -2.10. The minimum Gasteiger partial charge on any atom is -0.488 e. The molecule has 0 fully saturated rings. The van der Waals surface area contributed by atoms with Crippen LogP contribution in [0.15, 0.2) is 40.9 Å². The molecule has 0 spiro atoms. The highest BCUT2D eigenvalue weighted by Gasteiger charge is 2.13. The van der Waals surface area contributed by atoms with Crippen molar-refractivity contribution in [2.75, 3.05) is 0 Å². The van der Waals surface area contributed by atoms with Gasteiger partial charge in [0.25, 0.3) is 0 Å². The summed E-state index contributed by atoms with van der Waals surface area (Å²) in [5.74, 6) is -1.43. The molecule has 0 aromatic heterocycles. The molecular weight excluding hydrogens is 351 g/mol. The monoisotopic (exact) mass is 358 g/mol. The third-order valence-electron chi connectivity index (χ3n) is 2.57. The molecule has 2 aromatic rings. The number of carboxylic acid groups (broad SMARTS) is 1. The second-order valence-corrected chi connectivity index (χ2v) is 5.32. The Morgan fingerprint density at radius 3 is 2.70 bits per heavy atom. The van der Waals surface area contributed by atoms with Crippen LogP contribution in [0, 0.1) is 5.82 Å². The zero-order chi connectivity index (χ0) is 14.7. The van der Waals surface area contributed by atoms with E-state index in [0.717, 1.165) is 0 Å². The molecule has 0 amide bonds. The summed E-state index contributed by atoms with van der Waals surface area (Å²) in [5, 5.41) is 9.38. The normalized spacial score (nSPS) is 10.3. The van der Waals surface area contributed by atoms with Gasteiger partial charge in [-0.1, -0.05) is 33.6 Å². The highest BCUT2D eigenvalue weighted by Crippen LogP contribution is 2.25. The summed E-state index contributed by atoms with van der Waals surface area (Å²) in [6, 6.07) is 8.82. The zero-order valence-corrected chi connectivity index (χ0v) is 12.4. The molecule has 0 aliphatic carbocycles. The summed E-state index contributed by atoms with van der Waals surface area (Å²) in [6.07, 6.45) is 0. The Kier molecular flexibility index (Phi) is 4.62. The lowest BCUT2D eigenvalue weighted by atomic mass is 10.2. The van der Waals surface area contributed by atoms with Gasteiger partial charge in [-0.25, -0.2) is 9.18 Å². The summed E-state index contributed by atoms with van der Waals surface area (Å²) in [7, 11) is 0. The number of ether oxygens (including phenoxy) is 1. The van der Waals surface area contributed by atoms with E-state index in [1.807, 2.05) is 0 Å². The Bertz CT molecular complexity index is 661. The van der Waals surface area contributed by atoms with Crippen LogP contribution in [-0.4, -0.2) is 11.1 Å². The summed E-state index contributed by atoms with van der Waals surface area (Å²) in [5.41, 5.74) is 0.308. The van der Waals surface area contributed by atoms with Gasteiger partial charge in [0.05, 0.1) is 0 Å². The van der Waals surface area contributed by atoms with Crippen LogP contribution in [0.25, 0.3) is 0 Å². The SMILES string of the molecule is O=C(O)c1cc(Br)ccc1OCc1ccc(Cl)cc1F. The molecule has 0 bridgehead atoms. The molecule has 104 valence electrons. The van der Waals surface area contributed by atoms with Crippen LogP contribution in [0.1, 0.15) is 15.9 Å². The highest BCUT2D eigenvalue weighted by atomic mass is 79.9. The molecular formula is C14H9BrClFO3. The number of benzene rings is 2. The van der Waals surface area contributed by atoms with Crippen LogP contribution < -0.4 is 4.74 Å². The van der Waals surface area contributed by atoms with E-state index < -0.39 is 11.8 Å². The van der Waals surface area contributed by atoms with E-state index in [0.29, 0.717) is 15.1 Å². The summed E-state index contributed by atoms with van der Waals surface area (Å²) in [6.45, 7) is -0.0785. The van der Waals surface area contributed by atoms with Crippen molar-refractivity contribution < 1.29 is 19.0 Å². The lowest BCUT2D eigenvalue weighted by molar-refractivity contribution is 0.0691. The van der Waals surface area contributed by atoms with Crippen molar-refractivity contribution in [1.29, 1.82) is 0 Å². The number of hydrogen-bond acceptors (Lipinski definition) is 2. The van der Waals surface area contributed by atoms with Gasteiger partial charge in [0.2, 0.25) is 0 Å². The number of hydrogen-bond donors (Lipinski definition) is 1. The fourth-order valence-electron chi connectivity index (χ4n) is 1.59. The van der Waals surface area contributed by atoms with Gasteiger partial charge in [-0.15, -0.1) is 0 Å².